The third-order valence-electron chi connectivity index (χ3n) is 2.81. The number of hydrogen-bond donors (Lipinski definition) is 0. The second-order valence-electron chi connectivity index (χ2n) is 5.55. The van der Waals surface area contributed by atoms with Gasteiger partial charge in [0.1, 0.15) is 6.61 Å². The van der Waals surface area contributed by atoms with Gasteiger partial charge in [0.15, 0.2) is 0 Å². The van der Waals surface area contributed by atoms with Crippen LogP contribution in [0.15, 0.2) is 5.16 Å². The summed E-state index contributed by atoms with van der Waals surface area (Å²) in [5, 5.41) is 3.97. The predicted octanol–water partition coefficient (Wildman–Crippen LogP) is 1.67. The van der Waals surface area contributed by atoms with Crippen molar-refractivity contribution >= 4 is 17.7 Å². The van der Waals surface area contributed by atoms with E-state index in [0.29, 0.717) is 0 Å². The molecule has 6 heteroatoms. The Labute approximate surface area is 113 Å². The van der Waals surface area contributed by atoms with E-state index in [4.69, 9.17) is 14.3 Å². The highest BCUT2D eigenvalue weighted by atomic mass is 16.7. The largest absolute Gasteiger partial charge is 0.463 e. The lowest BCUT2D eigenvalue weighted by Crippen LogP contribution is -2.46. The molecule has 19 heavy (non-hydrogen) atoms. The molecule has 1 rings (SSSR count). The van der Waals surface area contributed by atoms with Gasteiger partial charge in [-0.25, -0.2) is 4.79 Å². The lowest BCUT2D eigenvalue weighted by atomic mass is 9.83. The van der Waals surface area contributed by atoms with E-state index in [2.05, 4.69) is 5.16 Å². The fraction of sp³-hybridized carbons (Fsp3) is 0.769. The van der Waals surface area contributed by atoms with Crippen LogP contribution in [-0.2, 0) is 23.9 Å². The first kappa shape index (κ1) is 15.5. The van der Waals surface area contributed by atoms with Crippen molar-refractivity contribution in [2.45, 2.75) is 46.6 Å². The van der Waals surface area contributed by atoms with Gasteiger partial charge >= 0.3 is 11.9 Å². The van der Waals surface area contributed by atoms with E-state index in [0.717, 1.165) is 5.71 Å². The summed E-state index contributed by atoms with van der Waals surface area (Å²) in [7, 11) is 0. The third kappa shape index (κ3) is 3.68. The van der Waals surface area contributed by atoms with E-state index in [1.165, 1.54) is 6.92 Å². The first-order valence-corrected chi connectivity index (χ1v) is 6.27. The van der Waals surface area contributed by atoms with Crippen LogP contribution < -0.4 is 0 Å². The van der Waals surface area contributed by atoms with Crippen LogP contribution in [0, 0.1) is 5.41 Å². The van der Waals surface area contributed by atoms with Crippen molar-refractivity contribution in [3.63, 3.8) is 0 Å². The van der Waals surface area contributed by atoms with Gasteiger partial charge in [-0.3, -0.25) is 4.79 Å². The molecule has 0 saturated carbocycles. The standard InChI is InChI=1S/C13H21NO5/c1-6-17-11(16)13(8-18-9(2)15)7-10(14-19-13)12(3,4)5/h6-8H2,1-5H3. The molecular weight excluding hydrogens is 250 g/mol. The molecule has 1 heterocycles. The lowest BCUT2D eigenvalue weighted by Gasteiger charge is -2.24. The topological polar surface area (TPSA) is 74.2 Å². The minimum absolute atomic E-state index is 0.190. The first-order chi connectivity index (χ1) is 8.71. The maximum absolute atomic E-state index is 12.0. The first-order valence-electron chi connectivity index (χ1n) is 6.27. The van der Waals surface area contributed by atoms with Crippen molar-refractivity contribution in [1.82, 2.24) is 0 Å². The predicted molar refractivity (Wildman–Crippen MR) is 68.6 cm³/mol. The average molecular weight is 271 g/mol. The van der Waals surface area contributed by atoms with Crippen molar-refractivity contribution in [3.05, 3.63) is 0 Å². The van der Waals surface area contributed by atoms with Crippen LogP contribution in [0.2, 0.25) is 0 Å². The van der Waals surface area contributed by atoms with Gasteiger partial charge in [-0.05, 0) is 6.92 Å². The Balaban J connectivity index is 2.86. The molecule has 1 aliphatic rings. The zero-order chi connectivity index (χ0) is 14.7. The molecule has 0 fully saturated rings. The van der Waals surface area contributed by atoms with Gasteiger partial charge in [-0.2, -0.15) is 0 Å². The van der Waals surface area contributed by atoms with Crippen LogP contribution in [0.5, 0.6) is 0 Å². The van der Waals surface area contributed by atoms with E-state index in [-0.39, 0.29) is 25.0 Å². The fourth-order valence-electron chi connectivity index (χ4n) is 1.61. The van der Waals surface area contributed by atoms with Crippen LogP contribution in [0.25, 0.3) is 0 Å². The van der Waals surface area contributed by atoms with Crippen LogP contribution in [0.1, 0.15) is 41.0 Å². The van der Waals surface area contributed by atoms with E-state index < -0.39 is 17.5 Å². The van der Waals surface area contributed by atoms with Gasteiger partial charge in [-0.1, -0.05) is 25.9 Å². The van der Waals surface area contributed by atoms with E-state index in [1.807, 2.05) is 20.8 Å². The minimum Gasteiger partial charge on any atom is -0.463 e. The van der Waals surface area contributed by atoms with E-state index >= 15 is 0 Å². The van der Waals surface area contributed by atoms with Gasteiger partial charge in [0.25, 0.3) is 5.60 Å². The van der Waals surface area contributed by atoms with Gasteiger partial charge in [0, 0.05) is 18.8 Å². The molecule has 0 radical (unpaired) electrons. The van der Waals surface area contributed by atoms with Crippen LogP contribution in [0.4, 0.5) is 0 Å². The SMILES string of the molecule is CCOC(=O)C1(COC(C)=O)CC(C(C)(C)C)=NO1. The number of esters is 2. The van der Waals surface area contributed by atoms with Crippen molar-refractivity contribution in [2.75, 3.05) is 13.2 Å². The molecule has 1 unspecified atom stereocenters. The molecule has 0 saturated heterocycles. The summed E-state index contributed by atoms with van der Waals surface area (Å²) in [6.45, 7) is 8.95. The Morgan fingerprint density at radius 3 is 2.42 bits per heavy atom. The normalized spacial score (nSPS) is 22.5. The summed E-state index contributed by atoms with van der Waals surface area (Å²) in [5.74, 6) is -1.03. The van der Waals surface area contributed by atoms with Crippen molar-refractivity contribution in [2.24, 2.45) is 10.6 Å². The minimum atomic E-state index is -1.34. The van der Waals surface area contributed by atoms with Crippen LogP contribution in [-0.4, -0.2) is 36.5 Å². The summed E-state index contributed by atoms with van der Waals surface area (Å²) in [6.07, 6.45) is 0.266. The molecule has 0 aromatic carbocycles. The molecule has 1 atom stereocenters. The van der Waals surface area contributed by atoms with Gasteiger partial charge in [0.05, 0.1) is 12.3 Å². The number of nitrogens with zero attached hydrogens (tertiary/aromatic N) is 1. The maximum atomic E-state index is 12.0. The summed E-state index contributed by atoms with van der Waals surface area (Å²) in [5.41, 5.74) is -0.818. The molecule has 0 amide bonds. The second kappa shape index (κ2) is 5.59. The Hall–Kier alpha value is -1.59. The number of oxime groups is 1. The smallest absolute Gasteiger partial charge is 0.357 e. The van der Waals surface area contributed by atoms with Crippen LogP contribution in [0.3, 0.4) is 0 Å². The average Bonchev–Trinajstić information content (AvgIpc) is 2.72. The van der Waals surface area contributed by atoms with E-state index in [9.17, 15) is 9.59 Å². The fourth-order valence-corrected chi connectivity index (χ4v) is 1.61. The molecule has 108 valence electrons. The Bertz CT molecular complexity index is 396. The summed E-state index contributed by atoms with van der Waals surface area (Å²) < 4.78 is 9.91. The van der Waals surface area contributed by atoms with Crippen molar-refractivity contribution < 1.29 is 23.9 Å². The quantitative estimate of drug-likeness (QED) is 0.727. The number of hydrogen-bond acceptors (Lipinski definition) is 6. The molecule has 0 aliphatic carbocycles. The van der Waals surface area contributed by atoms with Crippen molar-refractivity contribution in [3.8, 4) is 0 Å². The van der Waals surface area contributed by atoms with Crippen molar-refractivity contribution in [1.29, 1.82) is 0 Å². The highest BCUT2D eigenvalue weighted by molar-refractivity contribution is 5.96. The zero-order valence-corrected chi connectivity index (χ0v) is 12.1. The maximum Gasteiger partial charge on any atom is 0.357 e. The molecule has 0 bridgehead atoms. The Kier molecular flexibility index (Phi) is 4.55. The molecule has 0 spiro atoms. The van der Waals surface area contributed by atoms with E-state index in [1.54, 1.807) is 6.92 Å². The number of ether oxygens (including phenoxy) is 2. The second-order valence-corrected chi connectivity index (χ2v) is 5.55. The summed E-state index contributed by atoms with van der Waals surface area (Å²) in [4.78, 5) is 28.3. The highest BCUT2D eigenvalue weighted by Gasteiger charge is 2.51. The lowest BCUT2D eigenvalue weighted by molar-refractivity contribution is -0.179. The molecular formula is C13H21NO5. The highest BCUT2D eigenvalue weighted by Crippen LogP contribution is 2.33. The van der Waals surface area contributed by atoms with Crippen LogP contribution >= 0.6 is 0 Å². The number of carbonyl (C=O) groups is 2. The molecule has 0 N–H and O–H groups in total. The summed E-state index contributed by atoms with van der Waals surface area (Å²) >= 11 is 0. The summed E-state index contributed by atoms with van der Waals surface area (Å²) in [6, 6.07) is 0. The number of carbonyl (C=O) groups excluding carboxylic acids is 2. The molecule has 0 aromatic heterocycles. The zero-order valence-electron chi connectivity index (χ0n) is 12.1. The monoisotopic (exact) mass is 271 g/mol. The Morgan fingerprint density at radius 2 is 2.00 bits per heavy atom. The van der Waals surface area contributed by atoms with Gasteiger partial charge in [-0.15, -0.1) is 0 Å². The molecule has 1 aliphatic heterocycles. The third-order valence-corrected chi connectivity index (χ3v) is 2.81. The van der Waals surface area contributed by atoms with Gasteiger partial charge < -0.3 is 14.3 Å². The van der Waals surface area contributed by atoms with Gasteiger partial charge in [0.2, 0.25) is 0 Å². The Morgan fingerprint density at radius 1 is 1.37 bits per heavy atom. The number of rotatable bonds is 4. The molecule has 0 aromatic rings. The molecule has 6 nitrogen and oxygen atoms in total.